The minimum atomic E-state index is -0.651. The quantitative estimate of drug-likeness (QED) is 0.460. The second kappa shape index (κ2) is 3.86. The zero-order chi connectivity index (χ0) is 9.97. The number of carbonyl (C=O) groups is 2. The van der Waals surface area contributed by atoms with Gasteiger partial charge in [-0.3, -0.25) is 0 Å². The molecule has 0 saturated heterocycles. The van der Waals surface area contributed by atoms with Crippen molar-refractivity contribution >= 4 is 36.9 Å². The Balaban J connectivity index is 2.53. The number of benzene rings is 1. The first-order valence-corrected chi connectivity index (χ1v) is 5.82. The Bertz CT molecular complexity index is 437. The van der Waals surface area contributed by atoms with E-state index < -0.39 is 5.92 Å². The predicted octanol–water partition coefficient (Wildman–Crippen LogP) is 0.773. The third kappa shape index (κ3) is 1.54. The third-order valence-corrected chi connectivity index (χ3v) is 4.28. The number of para-hydroxylation sites is 1. The molecule has 1 heterocycles. The first-order chi connectivity index (χ1) is 6.85. The Hall–Kier alpha value is -1.25. The SMILES string of the molecule is O=CC(C=O)c1nc2ccccc2[se]1. The van der Waals surface area contributed by atoms with Crippen LogP contribution in [0.25, 0.3) is 9.78 Å². The normalized spacial score (nSPS) is 10.6. The summed E-state index contributed by atoms with van der Waals surface area (Å²) < 4.78 is 1.85. The summed E-state index contributed by atoms with van der Waals surface area (Å²) in [6.45, 7) is 0. The fourth-order valence-corrected chi connectivity index (χ4v) is 3.24. The van der Waals surface area contributed by atoms with Gasteiger partial charge in [-0.15, -0.1) is 0 Å². The van der Waals surface area contributed by atoms with Gasteiger partial charge in [0.25, 0.3) is 0 Å². The van der Waals surface area contributed by atoms with Crippen molar-refractivity contribution in [3.8, 4) is 0 Å². The number of hydrogen-bond donors (Lipinski definition) is 0. The Morgan fingerprint density at radius 3 is 2.57 bits per heavy atom. The molecule has 70 valence electrons. The molecular weight excluding hydrogens is 245 g/mol. The minimum absolute atomic E-state index is 0.0308. The average Bonchev–Trinajstić information content (AvgIpc) is 2.63. The van der Waals surface area contributed by atoms with Gasteiger partial charge >= 0.3 is 86.2 Å². The van der Waals surface area contributed by atoms with Crippen LogP contribution in [0.4, 0.5) is 0 Å². The van der Waals surface area contributed by atoms with Crippen LogP contribution in [-0.2, 0) is 9.59 Å². The van der Waals surface area contributed by atoms with Crippen LogP contribution >= 0.6 is 0 Å². The summed E-state index contributed by atoms with van der Waals surface area (Å²) in [5.74, 6) is -0.651. The second-order valence-corrected chi connectivity index (χ2v) is 5.05. The number of hydrogen-bond acceptors (Lipinski definition) is 3. The third-order valence-electron chi connectivity index (χ3n) is 1.89. The molecule has 1 aromatic heterocycles. The van der Waals surface area contributed by atoms with Crippen molar-refractivity contribution in [3.05, 3.63) is 28.8 Å². The maximum absolute atomic E-state index is 10.6. The fraction of sp³-hybridized carbons (Fsp3) is 0.100. The van der Waals surface area contributed by atoms with Crippen molar-refractivity contribution in [2.45, 2.75) is 5.92 Å². The summed E-state index contributed by atoms with van der Waals surface area (Å²) in [5, 5.41) is 0. The van der Waals surface area contributed by atoms with Crippen LogP contribution in [0.3, 0.4) is 0 Å². The summed E-state index contributed by atoms with van der Waals surface area (Å²) in [6, 6.07) is 7.73. The van der Waals surface area contributed by atoms with Gasteiger partial charge in [-0.1, -0.05) is 0 Å². The van der Waals surface area contributed by atoms with Crippen LogP contribution in [0.1, 0.15) is 10.5 Å². The van der Waals surface area contributed by atoms with Crippen LogP contribution < -0.4 is 0 Å². The van der Waals surface area contributed by atoms with Crippen molar-refractivity contribution in [1.82, 2.24) is 4.98 Å². The molecule has 4 heteroatoms. The molecule has 3 nitrogen and oxygen atoms in total. The monoisotopic (exact) mass is 253 g/mol. The van der Waals surface area contributed by atoms with Gasteiger partial charge in [-0.2, -0.15) is 0 Å². The topological polar surface area (TPSA) is 47.0 Å². The molecule has 0 N–H and O–H groups in total. The van der Waals surface area contributed by atoms with Crippen LogP contribution in [0, 0.1) is 0 Å². The van der Waals surface area contributed by atoms with Crippen LogP contribution in [0.5, 0.6) is 0 Å². The van der Waals surface area contributed by atoms with Gasteiger partial charge in [0.15, 0.2) is 0 Å². The predicted molar refractivity (Wildman–Crippen MR) is 53.6 cm³/mol. The Morgan fingerprint density at radius 2 is 1.93 bits per heavy atom. The van der Waals surface area contributed by atoms with Gasteiger partial charge in [-0.25, -0.2) is 0 Å². The van der Waals surface area contributed by atoms with E-state index in [0.717, 1.165) is 9.78 Å². The molecule has 0 spiro atoms. The molecule has 0 fully saturated rings. The van der Waals surface area contributed by atoms with Gasteiger partial charge in [-0.05, 0) is 0 Å². The van der Waals surface area contributed by atoms with E-state index >= 15 is 0 Å². The first kappa shape index (κ1) is 9.31. The summed E-state index contributed by atoms with van der Waals surface area (Å²) in [6.07, 6.45) is 1.30. The van der Waals surface area contributed by atoms with Gasteiger partial charge < -0.3 is 0 Å². The van der Waals surface area contributed by atoms with E-state index in [2.05, 4.69) is 4.98 Å². The molecule has 0 bridgehead atoms. The van der Waals surface area contributed by atoms with E-state index in [4.69, 9.17) is 0 Å². The summed E-state index contributed by atoms with van der Waals surface area (Å²) in [4.78, 5) is 25.4. The Labute approximate surface area is 86.5 Å². The summed E-state index contributed by atoms with van der Waals surface area (Å²) in [5.41, 5.74) is 0.899. The molecule has 0 saturated carbocycles. The zero-order valence-electron chi connectivity index (χ0n) is 7.21. The molecule has 0 unspecified atom stereocenters. The van der Waals surface area contributed by atoms with Crippen molar-refractivity contribution < 1.29 is 9.59 Å². The van der Waals surface area contributed by atoms with Crippen LogP contribution in [0.2, 0.25) is 0 Å². The van der Waals surface area contributed by atoms with Crippen molar-refractivity contribution in [1.29, 1.82) is 0 Å². The van der Waals surface area contributed by atoms with Crippen molar-refractivity contribution in [2.75, 3.05) is 0 Å². The van der Waals surface area contributed by atoms with E-state index in [1.165, 1.54) is 0 Å². The fourth-order valence-electron chi connectivity index (χ4n) is 1.18. The van der Waals surface area contributed by atoms with Crippen molar-refractivity contribution in [3.63, 3.8) is 0 Å². The van der Waals surface area contributed by atoms with Gasteiger partial charge in [0.1, 0.15) is 0 Å². The molecule has 2 aromatic rings. The zero-order valence-corrected chi connectivity index (χ0v) is 8.93. The number of nitrogens with zero attached hydrogens (tertiary/aromatic N) is 1. The average molecular weight is 252 g/mol. The number of rotatable bonds is 3. The number of aldehydes is 2. The van der Waals surface area contributed by atoms with Gasteiger partial charge in [0.2, 0.25) is 0 Å². The van der Waals surface area contributed by atoms with E-state index in [9.17, 15) is 9.59 Å². The molecule has 0 amide bonds. The second-order valence-electron chi connectivity index (χ2n) is 2.82. The Morgan fingerprint density at radius 1 is 1.21 bits per heavy atom. The molecule has 1 aromatic carbocycles. The maximum atomic E-state index is 10.6. The van der Waals surface area contributed by atoms with Gasteiger partial charge in [0.05, 0.1) is 0 Å². The standard InChI is InChI=1S/C10H7NO2Se/c12-5-7(6-13)10-11-8-3-1-2-4-9(8)14-10/h1-7H. The van der Waals surface area contributed by atoms with E-state index in [0.29, 0.717) is 17.1 Å². The van der Waals surface area contributed by atoms with E-state index in [1.807, 2.05) is 24.3 Å². The van der Waals surface area contributed by atoms with Gasteiger partial charge in [0, 0.05) is 0 Å². The number of fused-ring (bicyclic) bond motifs is 1. The molecule has 0 aliphatic rings. The Kier molecular flexibility index (Phi) is 2.57. The molecule has 0 radical (unpaired) electrons. The summed E-state index contributed by atoms with van der Waals surface area (Å²) >= 11 is 0.0308. The molecule has 0 aliphatic heterocycles. The molecule has 2 rings (SSSR count). The van der Waals surface area contributed by atoms with Crippen molar-refractivity contribution in [2.24, 2.45) is 0 Å². The summed E-state index contributed by atoms with van der Waals surface area (Å²) in [7, 11) is 0. The van der Waals surface area contributed by atoms with E-state index in [-0.39, 0.29) is 14.5 Å². The molecule has 0 aliphatic carbocycles. The van der Waals surface area contributed by atoms with Crippen LogP contribution in [-0.4, -0.2) is 32.1 Å². The van der Waals surface area contributed by atoms with E-state index in [1.54, 1.807) is 0 Å². The molecular formula is C10H7NO2Se. The first-order valence-electron chi connectivity index (χ1n) is 4.11. The number of carbonyl (C=O) groups excluding carboxylic acids is 2. The molecule has 14 heavy (non-hydrogen) atoms. The number of aromatic nitrogens is 1. The molecule has 0 atom stereocenters. The van der Waals surface area contributed by atoms with Crippen LogP contribution in [0.15, 0.2) is 24.3 Å².